The van der Waals surface area contributed by atoms with Crippen molar-refractivity contribution in [3.05, 3.63) is 35.6 Å². The molecular weight excluding hydrogens is 235 g/mol. The van der Waals surface area contributed by atoms with Crippen molar-refractivity contribution in [1.82, 2.24) is 0 Å². The van der Waals surface area contributed by atoms with Gasteiger partial charge in [-0.25, -0.2) is 4.39 Å². The Morgan fingerprint density at radius 1 is 1.06 bits per heavy atom. The lowest BCUT2D eigenvalue weighted by atomic mass is 9.93. The summed E-state index contributed by atoms with van der Waals surface area (Å²) in [5.74, 6) is 0.364. The summed E-state index contributed by atoms with van der Waals surface area (Å²) in [5, 5.41) is 0. The van der Waals surface area contributed by atoms with Crippen molar-refractivity contribution < 1.29 is 13.2 Å². The molecule has 0 spiro atoms. The van der Waals surface area contributed by atoms with Crippen molar-refractivity contribution in [3.63, 3.8) is 0 Å². The first-order valence-corrected chi connectivity index (χ1v) is 8.28. The van der Waals surface area contributed by atoms with E-state index in [1.165, 1.54) is 5.56 Å². The summed E-state index contributed by atoms with van der Waals surface area (Å²) in [6, 6.07) is 8.94. The third-order valence-electron chi connectivity index (χ3n) is 3.83. The first-order chi connectivity index (χ1) is 8.19. The van der Waals surface area contributed by atoms with E-state index in [0.29, 0.717) is 5.92 Å². The highest BCUT2D eigenvalue weighted by atomic mass is 28.4. The molecule has 0 radical (unpaired) electrons. The minimum atomic E-state index is -1.89. The van der Waals surface area contributed by atoms with E-state index < -0.39 is 8.56 Å². The molecule has 1 heterocycles. The fraction of sp³-hybridized carbons (Fsp3) is 0.538. The van der Waals surface area contributed by atoms with Gasteiger partial charge in [0.2, 0.25) is 0 Å². The average molecular weight is 254 g/mol. The maximum atomic E-state index is 12.9. The van der Waals surface area contributed by atoms with E-state index in [1.54, 1.807) is 26.4 Å². The zero-order chi connectivity index (χ0) is 12.3. The highest BCUT2D eigenvalue weighted by Crippen LogP contribution is 2.38. The maximum Gasteiger partial charge on any atom is 0.337 e. The topological polar surface area (TPSA) is 18.5 Å². The van der Waals surface area contributed by atoms with Crippen LogP contribution in [0, 0.1) is 5.82 Å². The zero-order valence-electron chi connectivity index (χ0n) is 10.4. The van der Waals surface area contributed by atoms with E-state index in [2.05, 4.69) is 0 Å². The summed E-state index contributed by atoms with van der Waals surface area (Å²) in [5.41, 5.74) is 1.24. The molecule has 0 aromatic heterocycles. The molecule has 17 heavy (non-hydrogen) atoms. The molecule has 0 N–H and O–H groups in total. The molecule has 0 amide bonds. The highest BCUT2D eigenvalue weighted by Gasteiger charge is 2.40. The number of halogens is 1. The number of hydrogen-bond acceptors (Lipinski definition) is 2. The number of rotatable bonds is 3. The van der Waals surface area contributed by atoms with Crippen LogP contribution in [-0.2, 0) is 8.85 Å². The minimum Gasteiger partial charge on any atom is -0.398 e. The smallest absolute Gasteiger partial charge is 0.337 e. The Kier molecular flexibility index (Phi) is 3.96. The molecule has 2 rings (SSSR count). The molecule has 0 unspecified atom stereocenters. The maximum absolute atomic E-state index is 12.9. The average Bonchev–Trinajstić information content (AvgIpc) is 2.40. The molecule has 1 fully saturated rings. The van der Waals surface area contributed by atoms with Gasteiger partial charge in [0.25, 0.3) is 0 Å². The van der Waals surface area contributed by atoms with Gasteiger partial charge in [-0.05, 0) is 48.5 Å². The van der Waals surface area contributed by atoms with Crippen LogP contribution in [-0.4, -0.2) is 22.8 Å². The van der Waals surface area contributed by atoms with Gasteiger partial charge in [-0.2, -0.15) is 0 Å². The van der Waals surface area contributed by atoms with Crippen LogP contribution in [0.5, 0.6) is 0 Å². The Morgan fingerprint density at radius 3 is 2.06 bits per heavy atom. The van der Waals surface area contributed by atoms with Crippen LogP contribution in [0.25, 0.3) is 0 Å². The first kappa shape index (κ1) is 12.7. The third-order valence-corrected chi connectivity index (χ3v) is 7.42. The van der Waals surface area contributed by atoms with E-state index in [0.717, 1.165) is 24.9 Å². The molecule has 0 bridgehead atoms. The van der Waals surface area contributed by atoms with Crippen molar-refractivity contribution >= 4 is 8.56 Å². The molecule has 0 atom stereocenters. The molecule has 1 saturated heterocycles. The fourth-order valence-corrected chi connectivity index (χ4v) is 5.43. The van der Waals surface area contributed by atoms with Crippen LogP contribution in [0.1, 0.15) is 24.3 Å². The summed E-state index contributed by atoms with van der Waals surface area (Å²) >= 11 is 0. The van der Waals surface area contributed by atoms with Crippen molar-refractivity contribution in [3.8, 4) is 0 Å². The molecule has 1 aromatic rings. The molecule has 4 heteroatoms. The van der Waals surface area contributed by atoms with Crippen molar-refractivity contribution in [2.45, 2.75) is 30.8 Å². The van der Waals surface area contributed by atoms with E-state index in [1.807, 2.05) is 12.1 Å². The second-order valence-corrected chi connectivity index (χ2v) is 8.28. The van der Waals surface area contributed by atoms with Gasteiger partial charge >= 0.3 is 8.56 Å². The van der Waals surface area contributed by atoms with Crippen LogP contribution in [0.15, 0.2) is 24.3 Å². The summed E-state index contributed by atoms with van der Waals surface area (Å²) in [6.07, 6.45) is 2.17. The Hall–Kier alpha value is -0.713. The monoisotopic (exact) mass is 254 g/mol. The van der Waals surface area contributed by atoms with Gasteiger partial charge in [0, 0.05) is 14.2 Å². The molecule has 1 aromatic carbocycles. The molecule has 2 nitrogen and oxygen atoms in total. The largest absolute Gasteiger partial charge is 0.398 e. The Bertz CT molecular complexity index is 352. The zero-order valence-corrected chi connectivity index (χ0v) is 11.4. The summed E-state index contributed by atoms with van der Waals surface area (Å²) in [7, 11) is 1.63. The summed E-state index contributed by atoms with van der Waals surface area (Å²) < 4.78 is 24.0. The lowest BCUT2D eigenvalue weighted by Crippen LogP contribution is -2.42. The molecule has 94 valence electrons. The molecule has 1 aliphatic rings. The van der Waals surface area contributed by atoms with Gasteiger partial charge in [0.05, 0.1) is 0 Å². The van der Waals surface area contributed by atoms with Gasteiger partial charge in [0.1, 0.15) is 5.82 Å². The van der Waals surface area contributed by atoms with Gasteiger partial charge in [-0.15, -0.1) is 0 Å². The first-order valence-electron chi connectivity index (χ1n) is 6.05. The second kappa shape index (κ2) is 5.29. The number of hydrogen-bond donors (Lipinski definition) is 0. The fourth-order valence-electron chi connectivity index (χ4n) is 2.62. The SMILES string of the molecule is CO[Si]1(OC)CCC(c2ccc(F)cc2)CC1. The Labute approximate surface area is 103 Å². The quantitative estimate of drug-likeness (QED) is 0.769. The van der Waals surface area contributed by atoms with Crippen LogP contribution >= 0.6 is 0 Å². The Balaban J connectivity index is 2.01. The normalized spacial score (nSPS) is 20.4. The van der Waals surface area contributed by atoms with Crippen LogP contribution in [0.3, 0.4) is 0 Å². The predicted molar refractivity (Wildman–Crippen MR) is 67.8 cm³/mol. The van der Waals surface area contributed by atoms with E-state index in [9.17, 15) is 4.39 Å². The van der Waals surface area contributed by atoms with E-state index in [-0.39, 0.29) is 5.82 Å². The van der Waals surface area contributed by atoms with E-state index in [4.69, 9.17) is 8.85 Å². The predicted octanol–water partition coefficient (Wildman–Crippen LogP) is 3.44. The Morgan fingerprint density at radius 2 is 1.59 bits per heavy atom. The van der Waals surface area contributed by atoms with Gasteiger partial charge in [-0.1, -0.05) is 12.1 Å². The minimum absolute atomic E-state index is 0.165. The van der Waals surface area contributed by atoms with Gasteiger partial charge < -0.3 is 8.85 Å². The lowest BCUT2D eigenvalue weighted by molar-refractivity contribution is 0.229. The highest BCUT2D eigenvalue weighted by molar-refractivity contribution is 6.67. The van der Waals surface area contributed by atoms with Gasteiger partial charge in [-0.3, -0.25) is 0 Å². The van der Waals surface area contributed by atoms with Crippen molar-refractivity contribution in [2.75, 3.05) is 14.2 Å². The molecular formula is C13H19FO2Si. The third kappa shape index (κ3) is 2.76. The van der Waals surface area contributed by atoms with Crippen LogP contribution < -0.4 is 0 Å². The van der Waals surface area contributed by atoms with Crippen LogP contribution in [0.2, 0.25) is 12.1 Å². The molecule has 0 saturated carbocycles. The molecule has 0 aliphatic carbocycles. The number of benzene rings is 1. The van der Waals surface area contributed by atoms with Crippen molar-refractivity contribution in [1.29, 1.82) is 0 Å². The van der Waals surface area contributed by atoms with Crippen LogP contribution in [0.4, 0.5) is 4.39 Å². The van der Waals surface area contributed by atoms with Crippen molar-refractivity contribution in [2.24, 2.45) is 0 Å². The van der Waals surface area contributed by atoms with E-state index >= 15 is 0 Å². The summed E-state index contributed by atoms with van der Waals surface area (Å²) in [6.45, 7) is 0. The summed E-state index contributed by atoms with van der Waals surface area (Å²) in [4.78, 5) is 0. The molecule has 1 aliphatic heterocycles. The lowest BCUT2D eigenvalue weighted by Gasteiger charge is -2.35. The van der Waals surface area contributed by atoms with Gasteiger partial charge in [0.15, 0.2) is 0 Å². The second-order valence-electron chi connectivity index (χ2n) is 4.64. The standard InChI is InChI=1S/C13H19FO2Si/c1-15-17(16-2)9-7-12(8-10-17)11-3-5-13(14)6-4-11/h3-6,12H,7-10H2,1-2H3.